The number of rotatable bonds is 5. The third kappa shape index (κ3) is 3.15. The summed E-state index contributed by atoms with van der Waals surface area (Å²) in [6.45, 7) is 6.28. The van der Waals surface area contributed by atoms with E-state index in [4.69, 9.17) is 4.98 Å². The zero-order chi connectivity index (χ0) is 14.0. The van der Waals surface area contributed by atoms with E-state index in [2.05, 4.69) is 37.7 Å². The number of aryl methyl sites for hydroxylation is 1. The van der Waals surface area contributed by atoms with E-state index in [1.54, 1.807) is 11.3 Å². The quantitative estimate of drug-likeness (QED) is 0.830. The van der Waals surface area contributed by atoms with Crippen molar-refractivity contribution in [2.24, 2.45) is 0 Å². The summed E-state index contributed by atoms with van der Waals surface area (Å²) in [5.74, 6) is 0.279. The Morgan fingerprint density at radius 3 is 2.68 bits per heavy atom. The summed E-state index contributed by atoms with van der Waals surface area (Å²) in [4.78, 5) is 22.0. The molecule has 0 saturated heterocycles. The van der Waals surface area contributed by atoms with Crippen molar-refractivity contribution in [2.75, 3.05) is 32.1 Å². The molecule has 0 aliphatic heterocycles. The highest BCUT2D eigenvalue weighted by Gasteiger charge is 2.25. The molecule has 2 rings (SSSR count). The second-order valence-electron chi connectivity index (χ2n) is 5.45. The highest BCUT2D eigenvalue weighted by Crippen LogP contribution is 2.32. The minimum absolute atomic E-state index is 0.279. The molecule has 106 valence electrons. The van der Waals surface area contributed by atoms with Crippen molar-refractivity contribution in [3.63, 3.8) is 0 Å². The van der Waals surface area contributed by atoms with E-state index in [0.29, 0.717) is 12.5 Å². The fraction of sp³-hybridized carbons (Fsp3) is 0.714. The number of hydrogen-bond donors (Lipinski definition) is 0. The highest BCUT2D eigenvalue weighted by molar-refractivity contribution is 7.17. The number of carbonyl (C=O) groups excluding carboxylic acids is 1. The Bertz CT molecular complexity index is 456. The van der Waals surface area contributed by atoms with Gasteiger partial charge in [-0.3, -0.25) is 4.79 Å². The van der Waals surface area contributed by atoms with Gasteiger partial charge in [0, 0.05) is 25.6 Å². The average Bonchev–Trinajstić information content (AvgIpc) is 2.74. The molecular formula is C14H23N3OS. The molecule has 1 unspecified atom stereocenters. The summed E-state index contributed by atoms with van der Waals surface area (Å²) < 4.78 is 0. The maximum absolute atomic E-state index is 11.9. The second kappa shape index (κ2) is 6.01. The lowest BCUT2D eigenvalue weighted by Crippen LogP contribution is -2.40. The molecule has 1 heterocycles. The number of fused-ring (bicyclic) bond motifs is 1. The molecule has 0 aromatic carbocycles. The normalized spacial score (nSPS) is 16.6. The van der Waals surface area contributed by atoms with E-state index in [-0.39, 0.29) is 5.78 Å². The molecule has 1 aromatic heterocycles. The van der Waals surface area contributed by atoms with Crippen LogP contribution in [0.3, 0.4) is 0 Å². The molecule has 4 nitrogen and oxygen atoms in total. The molecule has 0 amide bonds. The molecule has 19 heavy (non-hydrogen) atoms. The van der Waals surface area contributed by atoms with Crippen molar-refractivity contribution in [2.45, 2.75) is 39.2 Å². The molecule has 1 aliphatic carbocycles. The minimum Gasteiger partial charge on any atom is -0.344 e. The second-order valence-corrected chi connectivity index (χ2v) is 6.42. The topological polar surface area (TPSA) is 36.4 Å². The van der Waals surface area contributed by atoms with E-state index in [9.17, 15) is 4.79 Å². The molecule has 1 aromatic rings. The summed E-state index contributed by atoms with van der Waals surface area (Å²) >= 11 is 1.58. The zero-order valence-corrected chi connectivity index (χ0v) is 13.1. The van der Waals surface area contributed by atoms with E-state index < -0.39 is 0 Å². The summed E-state index contributed by atoms with van der Waals surface area (Å²) in [5, 5.41) is 1.01. The number of hydrogen-bond acceptors (Lipinski definition) is 5. The lowest BCUT2D eigenvalue weighted by atomic mass is 10.0. The molecule has 0 saturated carbocycles. The molecule has 0 radical (unpaired) electrons. The Kier molecular flexibility index (Phi) is 4.58. The standard InChI is InChI=1S/C14H23N3OS/c1-5-17(10(2)9-16(3)4)14-15-11-7-6-8-12(18)13(11)19-14/h10H,5-9H2,1-4H3. The smallest absolute Gasteiger partial charge is 0.186 e. The van der Waals surface area contributed by atoms with Gasteiger partial charge >= 0.3 is 0 Å². The van der Waals surface area contributed by atoms with Crippen molar-refractivity contribution < 1.29 is 4.79 Å². The first kappa shape index (κ1) is 14.5. The van der Waals surface area contributed by atoms with Crippen LogP contribution in [0.1, 0.15) is 42.1 Å². The van der Waals surface area contributed by atoms with Crippen molar-refractivity contribution in [1.29, 1.82) is 0 Å². The fourth-order valence-corrected chi connectivity index (χ4v) is 3.89. The number of Topliss-reactive ketones (excluding diaryl/α,β-unsaturated/α-hetero) is 1. The van der Waals surface area contributed by atoms with E-state index in [1.165, 1.54) is 0 Å². The third-order valence-electron chi connectivity index (χ3n) is 3.50. The maximum Gasteiger partial charge on any atom is 0.186 e. The predicted molar refractivity (Wildman–Crippen MR) is 80.4 cm³/mol. The van der Waals surface area contributed by atoms with Crippen LogP contribution in [-0.2, 0) is 6.42 Å². The van der Waals surface area contributed by atoms with Crippen LogP contribution in [0.2, 0.25) is 0 Å². The van der Waals surface area contributed by atoms with Crippen LogP contribution in [0.15, 0.2) is 0 Å². The summed E-state index contributed by atoms with van der Waals surface area (Å²) in [6.07, 6.45) is 2.60. The van der Waals surface area contributed by atoms with Gasteiger partial charge < -0.3 is 9.80 Å². The Morgan fingerprint density at radius 1 is 1.37 bits per heavy atom. The van der Waals surface area contributed by atoms with Gasteiger partial charge in [-0.15, -0.1) is 0 Å². The molecular weight excluding hydrogens is 258 g/mol. The monoisotopic (exact) mass is 281 g/mol. The van der Waals surface area contributed by atoms with Crippen molar-refractivity contribution in [3.8, 4) is 0 Å². The number of thiazole rings is 1. The average molecular weight is 281 g/mol. The lowest BCUT2D eigenvalue weighted by molar-refractivity contribution is 0.0976. The minimum atomic E-state index is 0.279. The van der Waals surface area contributed by atoms with Crippen LogP contribution < -0.4 is 4.90 Å². The van der Waals surface area contributed by atoms with Crippen LogP contribution in [0, 0.1) is 0 Å². The van der Waals surface area contributed by atoms with Crippen LogP contribution in [0.25, 0.3) is 0 Å². The first-order valence-corrected chi connectivity index (χ1v) is 7.78. The van der Waals surface area contributed by atoms with Gasteiger partial charge in [-0.25, -0.2) is 4.98 Å². The van der Waals surface area contributed by atoms with Crippen molar-refractivity contribution >= 4 is 22.3 Å². The number of carbonyl (C=O) groups is 1. The van der Waals surface area contributed by atoms with Gasteiger partial charge in [0.2, 0.25) is 0 Å². The zero-order valence-electron chi connectivity index (χ0n) is 12.3. The fourth-order valence-electron chi connectivity index (χ4n) is 2.64. The molecule has 5 heteroatoms. The molecule has 1 atom stereocenters. The van der Waals surface area contributed by atoms with Crippen LogP contribution in [0.5, 0.6) is 0 Å². The Morgan fingerprint density at radius 2 is 2.11 bits per heavy atom. The van der Waals surface area contributed by atoms with E-state index >= 15 is 0 Å². The van der Waals surface area contributed by atoms with Gasteiger partial charge in [0.15, 0.2) is 10.9 Å². The molecule has 0 spiro atoms. The highest BCUT2D eigenvalue weighted by atomic mass is 32.1. The summed E-state index contributed by atoms with van der Waals surface area (Å²) in [7, 11) is 4.17. The summed E-state index contributed by atoms with van der Waals surface area (Å²) in [6, 6.07) is 0.405. The van der Waals surface area contributed by atoms with Gasteiger partial charge in [0.1, 0.15) is 0 Å². The largest absolute Gasteiger partial charge is 0.344 e. The Balaban J connectivity index is 2.22. The maximum atomic E-state index is 11.9. The van der Waals surface area contributed by atoms with Crippen LogP contribution in [0.4, 0.5) is 5.13 Å². The predicted octanol–water partition coefficient (Wildman–Crippen LogP) is 2.44. The third-order valence-corrected chi connectivity index (χ3v) is 4.68. The number of aromatic nitrogens is 1. The van der Waals surface area contributed by atoms with Crippen molar-refractivity contribution in [1.82, 2.24) is 9.88 Å². The van der Waals surface area contributed by atoms with Gasteiger partial charge in [0.05, 0.1) is 10.6 Å². The number of ketones is 1. The molecule has 0 N–H and O–H groups in total. The van der Waals surface area contributed by atoms with E-state index in [1.807, 2.05) is 0 Å². The van der Waals surface area contributed by atoms with Crippen molar-refractivity contribution in [3.05, 3.63) is 10.6 Å². The number of anilines is 1. The number of nitrogens with zero attached hydrogens (tertiary/aromatic N) is 3. The molecule has 1 aliphatic rings. The molecule has 0 fully saturated rings. The number of likely N-dealkylation sites (N-methyl/N-ethyl adjacent to an activating group) is 2. The van der Waals surface area contributed by atoms with Gasteiger partial charge in [-0.1, -0.05) is 11.3 Å². The SMILES string of the molecule is CCN(c1nc2c(s1)C(=O)CCC2)C(C)CN(C)C. The Hall–Kier alpha value is -0.940. The van der Waals surface area contributed by atoms with E-state index in [0.717, 1.165) is 41.6 Å². The van der Waals surface area contributed by atoms with Crippen LogP contribution >= 0.6 is 11.3 Å². The van der Waals surface area contributed by atoms with Crippen LogP contribution in [-0.4, -0.2) is 48.9 Å². The van der Waals surface area contributed by atoms with Gasteiger partial charge in [-0.2, -0.15) is 0 Å². The molecule has 0 bridgehead atoms. The first-order valence-electron chi connectivity index (χ1n) is 6.97. The van der Waals surface area contributed by atoms with Gasteiger partial charge in [0.25, 0.3) is 0 Å². The van der Waals surface area contributed by atoms with Gasteiger partial charge in [-0.05, 0) is 40.8 Å². The first-order chi connectivity index (χ1) is 9.02. The Labute approximate surface area is 119 Å². The lowest BCUT2D eigenvalue weighted by Gasteiger charge is -2.29. The summed E-state index contributed by atoms with van der Waals surface area (Å²) in [5.41, 5.74) is 1.02.